The van der Waals surface area contributed by atoms with Gasteiger partial charge in [0.15, 0.2) is 0 Å². The predicted octanol–water partition coefficient (Wildman–Crippen LogP) is 2.50. The fraction of sp³-hybridized carbons (Fsp3) is 0.500. The van der Waals surface area contributed by atoms with Crippen molar-refractivity contribution in [3.8, 4) is 5.75 Å². The zero-order chi connectivity index (χ0) is 14.3. The number of carbonyl (C=O) groups excluding carboxylic acids is 1. The predicted molar refractivity (Wildman–Crippen MR) is 78.2 cm³/mol. The quantitative estimate of drug-likeness (QED) is 0.808. The van der Waals surface area contributed by atoms with Gasteiger partial charge in [0.1, 0.15) is 5.75 Å². The number of nitrogens with one attached hydrogen (secondary N) is 1. The highest BCUT2D eigenvalue weighted by Crippen LogP contribution is 2.17. The van der Waals surface area contributed by atoms with E-state index in [0.717, 1.165) is 10.2 Å². The van der Waals surface area contributed by atoms with Crippen molar-refractivity contribution in [2.24, 2.45) is 0 Å². The molecule has 1 amide bonds. The van der Waals surface area contributed by atoms with Gasteiger partial charge in [0.25, 0.3) is 0 Å². The molecule has 0 bridgehead atoms. The van der Waals surface area contributed by atoms with E-state index >= 15 is 0 Å². The molecule has 0 aliphatic carbocycles. The number of carbonyl (C=O) groups is 1. The number of hydrogen-bond donors (Lipinski definition) is 2. The van der Waals surface area contributed by atoms with E-state index in [9.17, 15) is 4.79 Å². The molecule has 0 aromatic heterocycles. The maximum atomic E-state index is 11.7. The van der Waals surface area contributed by atoms with Crippen LogP contribution in [-0.4, -0.2) is 29.8 Å². The van der Waals surface area contributed by atoms with Crippen LogP contribution in [-0.2, 0) is 4.79 Å². The second-order valence-corrected chi connectivity index (χ2v) is 5.88. The summed E-state index contributed by atoms with van der Waals surface area (Å²) in [6, 6.07) is 7.49. The molecule has 0 aliphatic heterocycles. The number of aliphatic hydroxyl groups excluding tert-OH is 1. The van der Waals surface area contributed by atoms with E-state index in [1.165, 1.54) is 0 Å². The standard InChI is InChI=1S/C14H20BrNO3/c1-14(2,7-8-17)16-13(18)6-9-19-12-5-3-4-11(15)10-12/h3-5,10,17H,6-9H2,1-2H3,(H,16,18). The van der Waals surface area contributed by atoms with Crippen LogP contribution in [0.4, 0.5) is 0 Å². The van der Waals surface area contributed by atoms with Crippen LogP contribution in [0.15, 0.2) is 28.7 Å². The van der Waals surface area contributed by atoms with E-state index < -0.39 is 0 Å². The lowest BCUT2D eigenvalue weighted by Gasteiger charge is -2.25. The summed E-state index contributed by atoms with van der Waals surface area (Å²) in [6.45, 7) is 4.16. The molecular weight excluding hydrogens is 310 g/mol. The third kappa shape index (κ3) is 6.59. The Morgan fingerprint density at radius 1 is 1.47 bits per heavy atom. The molecule has 0 saturated heterocycles. The third-order valence-electron chi connectivity index (χ3n) is 2.61. The van der Waals surface area contributed by atoms with Gasteiger partial charge in [-0.05, 0) is 38.5 Å². The lowest BCUT2D eigenvalue weighted by atomic mass is 10.0. The first-order valence-electron chi connectivity index (χ1n) is 6.23. The molecule has 0 saturated carbocycles. The van der Waals surface area contributed by atoms with Crippen LogP contribution in [0.25, 0.3) is 0 Å². The lowest BCUT2D eigenvalue weighted by Crippen LogP contribution is -2.44. The summed E-state index contributed by atoms with van der Waals surface area (Å²) < 4.78 is 6.43. The van der Waals surface area contributed by atoms with E-state index in [4.69, 9.17) is 9.84 Å². The van der Waals surface area contributed by atoms with Crippen molar-refractivity contribution in [2.75, 3.05) is 13.2 Å². The monoisotopic (exact) mass is 329 g/mol. The van der Waals surface area contributed by atoms with Gasteiger partial charge in [-0.3, -0.25) is 4.79 Å². The van der Waals surface area contributed by atoms with Gasteiger partial charge >= 0.3 is 0 Å². The second-order valence-electron chi connectivity index (χ2n) is 4.96. The minimum absolute atomic E-state index is 0.0574. The molecule has 0 aliphatic rings. The highest BCUT2D eigenvalue weighted by molar-refractivity contribution is 9.10. The van der Waals surface area contributed by atoms with E-state index in [1.54, 1.807) is 0 Å². The minimum atomic E-state index is -0.387. The Kier molecular flexibility index (Phi) is 6.31. The van der Waals surface area contributed by atoms with Crippen molar-refractivity contribution >= 4 is 21.8 Å². The number of halogens is 1. The highest BCUT2D eigenvalue weighted by atomic mass is 79.9. The zero-order valence-electron chi connectivity index (χ0n) is 11.3. The molecule has 0 heterocycles. The Bertz CT molecular complexity index is 421. The van der Waals surface area contributed by atoms with Crippen LogP contribution in [0.3, 0.4) is 0 Å². The normalized spacial score (nSPS) is 11.2. The van der Waals surface area contributed by atoms with Crippen LogP contribution >= 0.6 is 15.9 Å². The average Bonchev–Trinajstić information content (AvgIpc) is 2.27. The maximum absolute atomic E-state index is 11.7. The number of aliphatic hydroxyl groups is 1. The van der Waals surface area contributed by atoms with Crippen LogP contribution in [0.2, 0.25) is 0 Å². The summed E-state index contributed by atoms with van der Waals surface area (Å²) in [5, 5.41) is 11.8. The number of amides is 1. The number of ether oxygens (including phenoxy) is 1. The van der Waals surface area contributed by atoms with Gasteiger partial charge in [-0.25, -0.2) is 0 Å². The van der Waals surface area contributed by atoms with E-state index in [-0.39, 0.29) is 18.1 Å². The molecule has 4 nitrogen and oxygen atoms in total. The molecule has 0 radical (unpaired) electrons. The van der Waals surface area contributed by atoms with Crippen molar-refractivity contribution in [1.29, 1.82) is 0 Å². The van der Waals surface area contributed by atoms with Gasteiger partial charge in [-0.1, -0.05) is 22.0 Å². The molecule has 0 spiro atoms. The molecule has 0 atom stereocenters. The van der Waals surface area contributed by atoms with E-state index in [2.05, 4.69) is 21.2 Å². The molecule has 0 unspecified atom stereocenters. The summed E-state index contributed by atoms with van der Waals surface area (Å²) in [6.07, 6.45) is 0.826. The molecule has 0 fully saturated rings. The number of rotatable bonds is 7. The summed E-state index contributed by atoms with van der Waals surface area (Å²) in [4.78, 5) is 11.7. The smallest absolute Gasteiger partial charge is 0.223 e. The highest BCUT2D eigenvalue weighted by Gasteiger charge is 2.19. The largest absolute Gasteiger partial charge is 0.493 e. The van der Waals surface area contributed by atoms with Crippen molar-refractivity contribution in [3.05, 3.63) is 28.7 Å². The molecular formula is C14H20BrNO3. The first-order chi connectivity index (χ1) is 8.93. The fourth-order valence-corrected chi connectivity index (χ4v) is 1.98. The topological polar surface area (TPSA) is 58.6 Å². The molecule has 19 heavy (non-hydrogen) atoms. The Morgan fingerprint density at radius 3 is 2.84 bits per heavy atom. The molecule has 2 N–H and O–H groups in total. The Hall–Kier alpha value is -1.07. The lowest BCUT2D eigenvalue weighted by molar-refractivity contribution is -0.123. The van der Waals surface area contributed by atoms with Gasteiger partial charge < -0.3 is 15.2 Å². The van der Waals surface area contributed by atoms with Crippen LogP contribution in [0.1, 0.15) is 26.7 Å². The van der Waals surface area contributed by atoms with Crippen LogP contribution in [0, 0.1) is 0 Å². The molecule has 1 rings (SSSR count). The zero-order valence-corrected chi connectivity index (χ0v) is 12.9. The third-order valence-corrected chi connectivity index (χ3v) is 3.10. The van der Waals surface area contributed by atoms with Crippen molar-refractivity contribution < 1.29 is 14.6 Å². The molecule has 1 aromatic rings. The molecule has 1 aromatic carbocycles. The molecule has 5 heteroatoms. The maximum Gasteiger partial charge on any atom is 0.223 e. The fourth-order valence-electron chi connectivity index (χ4n) is 1.60. The Morgan fingerprint density at radius 2 is 2.21 bits per heavy atom. The summed E-state index contributed by atoms with van der Waals surface area (Å²) in [5.74, 6) is 0.658. The van der Waals surface area contributed by atoms with Gasteiger partial charge in [0.05, 0.1) is 13.0 Å². The van der Waals surface area contributed by atoms with Gasteiger partial charge in [-0.15, -0.1) is 0 Å². The summed E-state index contributed by atoms with van der Waals surface area (Å²) in [7, 11) is 0. The van der Waals surface area contributed by atoms with Crippen LogP contribution in [0.5, 0.6) is 5.75 Å². The number of benzene rings is 1. The first kappa shape index (κ1) is 16.0. The Labute approximate surface area is 122 Å². The SMILES string of the molecule is CC(C)(CCO)NC(=O)CCOc1cccc(Br)c1. The number of hydrogen-bond acceptors (Lipinski definition) is 3. The van der Waals surface area contributed by atoms with Gasteiger partial charge in [-0.2, -0.15) is 0 Å². The second kappa shape index (κ2) is 7.50. The van der Waals surface area contributed by atoms with E-state index in [1.807, 2.05) is 38.1 Å². The van der Waals surface area contributed by atoms with Gasteiger partial charge in [0, 0.05) is 16.6 Å². The first-order valence-corrected chi connectivity index (χ1v) is 7.02. The van der Waals surface area contributed by atoms with E-state index in [0.29, 0.717) is 19.4 Å². The average molecular weight is 330 g/mol. The summed E-state index contributed by atoms with van der Waals surface area (Å²) >= 11 is 3.36. The van der Waals surface area contributed by atoms with Crippen LogP contribution < -0.4 is 10.1 Å². The molecule has 106 valence electrons. The Balaban J connectivity index is 2.31. The van der Waals surface area contributed by atoms with Crippen molar-refractivity contribution in [1.82, 2.24) is 5.32 Å². The summed E-state index contributed by atoms with van der Waals surface area (Å²) in [5.41, 5.74) is -0.387. The minimum Gasteiger partial charge on any atom is -0.493 e. The van der Waals surface area contributed by atoms with Gasteiger partial charge in [0.2, 0.25) is 5.91 Å². The van der Waals surface area contributed by atoms with Crippen molar-refractivity contribution in [2.45, 2.75) is 32.2 Å². The van der Waals surface area contributed by atoms with Crippen molar-refractivity contribution in [3.63, 3.8) is 0 Å².